The van der Waals surface area contributed by atoms with Crippen LogP contribution in [0.5, 0.6) is 5.75 Å². The zero-order valence-corrected chi connectivity index (χ0v) is 14.8. The van der Waals surface area contributed by atoms with E-state index in [0.717, 1.165) is 0 Å². The molecule has 3 rings (SSSR count). The highest BCUT2D eigenvalue weighted by atomic mass is 16.5. The number of carbonyl (C=O) groups is 2. The van der Waals surface area contributed by atoms with Crippen LogP contribution in [0.1, 0.15) is 27.6 Å². The van der Waals surface area contributed by atoms with Gasteiger partial charge in [0.1, 0.15) is 5.75 Å². The Morgan fingerprint density at radius 2 is 1.81 bits per heavy atom. The van der Waals surface area contributed by atoms with Gasteiger partial charge in [-0.15, -0.1) is 5.10 Å². The van der Waals surface area contributed by atoms with E-state index in [9.17, 15) is 9.59 Å². The minimum atomic E-state index is -0.430. The third kappa shape index (κ3) is 4.12. The van der Waals surface area contributed by atoms with E-state index in [-0.39, 0.29) is 11.9 Å². The first-order valence-electron chi connectivity index (χ1n) is 8.17. The van der Waals surface area contributed by atoms with Gasteiger partial charge in [0.25, 0.3) is 5.91 Å². The first-order chi connectivity index (χ1) is 13.1. The lowest BCUT2D eigenvalue weighted by Gasteiger charge is -2.06. The summed E-state index contributed by atoms with van der Waals surface area (Å²) in [5.41, 5.74) is 1.37. The maximum Gasteiger partial charge on any atom is 0.338 e. The van der Waals surface area contributed by atoms with Crippen LogP contribution < -0.4 is 10.1 Å². The van der Waals surface area contributed by atoms with E-state index in [1.54, 1.807) is 55.5 Å². The second-order valence-electron chi connectivity index (χ2n) is 5.36. The molecule has 138 valence electrons. The van der Waals surface area contributed by atoms with Crippen LogP contribution in [0, 0.1) is 0 Å². The van der Waals surface area contributed by atoms with Gasteiger partial charge in [0, 0.05) is 5.56 Å². The molecule has 0 aliphatic heterocycles. The van der Waals surface area contributed by atoms with E-state index < -0.39 is 11.9 Å². The highest BCUT2D eigenvalue weighted by Gasteiger charge is 2.16. The van der Waals surface area contributed by atoms with Crippen LogP contribution in [0.25, 0.3) is 11.5 Å². The maximum absolute atomic E-state index is 12.4. The van der Waals surface area contributed by atoms with Gasteiger partial charge in [-0.05, 0) is 43.3 Å². The zero-order chi connectivity index (χ0) is 19.2. The maximum atomic E-state index is 12.4. The Morgan fingerprint density at radius 1 is 1.07 bits per heavy atom. The van der Waals surface area contributed by atoms with Gasteiger partial charge in [-0.25, -0.2) is 4.79 Å². The second-order valence-corrected chi connectivity index (χ2v) is 5.36. The molecule has 0 bridgehead atoms. The van der Waals surface area contributed by atoms with Crippen molar-refractivity contribution in [2.45, 2.75) is 6.92 Å². The Hall–Kier alpha value is -3.68. The molecular formula is C19H17N3O5. The number of anilines is 1. The predicted molar refractivity (Wildman–Crippen MR) is 96.6 cm³/mol. The van der Waals surface area contributed by atoms with E-state index in [1.807, 2.05) is 0 Å². The second kappa shape index (κ2) is 8.13. The standard InChI is InChI=1S/C19H17N3O5/c1-3-26-18(24)13-10-8-12(9-11-13)17-21-22-19(27-17)20-16(23)14-6-4-5-7-15(14)25-2/h4-11H,3H2,1-2H3,(H,20,22,23). The van der Waals surface area contributed by atoms with Crippen LogP contribution in [0.4, 0.5) is 6.01 Å². The molecule has 2 aromatic carbocycles. The molecular weight excluding hydrogens is 350 g/mol. The number of para-hydroxylation sites is 1. The molecule has 0 saturated heterocycles. The molecule has 0 saturated carbocycles. The smallest absolute Gasteiger partial charge is 0.338 e. The van der Waals surface area contributed by atoms with Gasteiger partial charge in [0.05, 0.1) is 24.8 Å². The van der Waals surface area contributed by atoms with E-state index in [4.69, 9.17) is 13.9 Å². The number of rotatable bonds is 6. The van der Waals surface area contributed by atoms with Crippen molar-refractivity contribution < 1.29 is 23.5 Å². The summed E-state index contributed by atoms with van der Waals surface area (Å²) in [5, 5.41) is 10.3. The molecule has 1 aromatic heterocycles. The van der Waals surface area contributed by atoms with Gasteiger partial charge in [-0.3, -0.25) is 10.1 Å². The summed E-state index contributed by atoms with van der Waals surface area (Å²) in [7, 11) is 1.48. The fourth-order valence-electron chi connectivity index (χ4n) is 2.35. The third-order valence-electron chi connectivity index (χ3n) is 3.64. The quantitative estimate of drug-likeness (QED) is 0.667. The Balaban J connectivity index is 1.73. The summed E-state index contributed by atoms with van der Waals surface area (Å²) in [5.74, 6) is -0.190. The number of amides is 1. The Kier molecular flexibility index (Phi) is 5.46. The molecule has 0 aliphatic carbocycles. The highest BCUT2D eigenvalue weighted by molar-refractivity contribution is 6.05. The number of aromatic nitrogens is 2. The number of carbonyl (C=O) groups excluding carboxylic acids is 2. The summed E-state index contributed by atoms with van der Waals surface area (Å²) in [6.07, 6.45) is 0. The van der Waals surface area contributed by atoms with Crippen molar-refractivity contribution in [3.63, 3.8) is 0 Å². The first kappa shape index (κ1) is 18.1. The molecule has 8 nitrogen and oxygen atoms in total. The van der Waals surface area contributed by atoms with E-state index in [0.29, 0.717) is 29.0 Å². The Morgan fingerprint density at radius 3 is 2.52 bits per heavy atom. The zero-order valence-electron chi connectivity index (χ0n) is 14.8. The number of benzene rings is 2. The van der Waals surface area contributed by atoms with Crippen molar-refractivity contribution >= 4 is 17.9 Å². The van der Waals surface area contributed by atoms with Gasteiger partial charge >= 0.3 is 12.0 Å². The fourth-order valence-corrected chi connectivity index (χ4v) is 2.35. The van der Waals surface area contributed by atoms with E-state index >= 15 is 0 Å². The minimum Gasteiger partial charge on any atom is -0.496 e. The molecule has 8 heteroatoms. The average molecular weight is 367 g/mol. The molecule has 0 unspecified atom stereocenters. The Labute approximate surface area is 155 Å². The first-order valence-corrected chi connectivity index (χ1v) is 8.17. The van der Waals surface area contributed by atoms with Crippen LogP contribution in [-0.4, -0.2) is 35.8 Å². The molecule has 1 heterocycles. The topological polar surface area (TPSA) is 104 Å². The average Bonchev–Trinajstić information content (AvgIpc) is 3.16. The van der Waals surface area contributed by atoms with Crippen molar-refractivity contribution in [2.75, 3.05) is 19.0 Å². The van der Waals surface area contributed by atoms with Gasteiger partial charge in [-0.1, -0.05) is 17.2 Å². The largest absolute Gasteiger partial charge is 0.496 e. The molecule has 0 aliphatic rings. The number of nitrogens with zero attached hydrogens (tertiary/aromatic N) is 2. The van der Waals surface area contributed by atoms with E-state index in [1.165, 1.54) is 7.11 Å². The van der Waals surface area contributed by atoms with Crippen molar-refractivity contribution in [2.24, 2.45) is 0 Å². The number of methoxy groups -OCH3 is 1. The van der Waals surface area contributed by atoms with Gasteiger partial charge in [0.2, 0.25) is 5.89 Å². The predicted octanol–water partition coefficient (Wildman–Crippen LogP) is 3.17. The normalized spacial score (nSPS) is 10.3. The summed E-state index contributed by atoms with van der Waals surface area (Å²) in [6.45, 7) is 2.05. The Bertz CT molecular complexity index is 950. The number of esters is 1. The molecule has 1 amide bonds. The van der Waals surface area contributed by atoms with Crippen LogP contribution in [0.3, 0.4) is 0 Å². The van der Waals surface area contributed by atoms with Crippen molar-refractivity contribution in [3.05, 3.63) is 59.7 Å². The van der Waals surface area contributed by atoms with Crippen molar-refractivity contribution in [1.29, 1.82) is 0 Å². The van der Waals surface area contributed by atoms with Crippen LogP contribution >= 0.6 is 0 Å². The molecule has 27 heavy (non-hydrogen) atoms. The summed E-state index contributed by atoms with van der Waals surface area (Å²) in [4.78, 5) is 24.0. The lowest BCUT2D eigenvalue weighted by Crippen LogP contribution is -2.13. The lowest BCUT2D eigenvalue weighted by molar-refractivity contribution is 0.0526. The lowest BCUT2D eigenvalue weighted by atomic mass is 10.1. The van der Waals surface area contributed by atoms with Crippen LogP contribution in [0.2, 0.25) is 0 Å². The number of hydrogen-bond donors (Lipinski definition) is 1. The summed E-state index contributed by atoms with van der Waals surface area (Å²) >= 11 is 0. The molecule has 1 N–H and O–H groups in total. The SMILES string of the molecule is CCOC(=O)c1ccc(-c2nnc(NC(=O)c3ccccc3OC)o2)cc1. The summed E-state index contributed by atoms with van der Waals surface area (Å²) in [6, 6.07) is 13.3. The molecule has 3 aromatic rings. The number of hydrogen-bond acceptors (Lipinski definition) is 7. The molecule has 0 spiro atoms. The number of ether oxygens (including phenoxy) is 2. The van der Waals surface area contributed by atoms with E-state index in [2.05, 4.69) is 15.5 Å². The molecule has 0 fully saturated rings. The van der Waals surface area contributed by atoms with Crippen LogP contribution in [0.15, 0.2) is 52.9 Å². The van der Waals surface area contributed by atoms with Gasteiger partial charge < -0.3 is 13.9 Å². The monoisotopic (exact) mass is 367 g/mol. The van der Waals surface area contributed by atoms with Crippen molar-refractivity contribution in [1.82, 2.24) is 10.2 Å². The number of nitrogens with one attached hydrogen (secondary N) is 1. The van der Waals surface area contributed by atoms with Gasteiger partial charge in [-0.2, -0.15) is 0 Å². The molecule has 0 radical (unpaired) electrons. The minimum absolute atomic E-state index is 0.0459. The van der Waals surface area contributed by atoms with Crippen molar-refractivity contribution in [3.8, 4) is 17.2 Å². The van der Waals surface area contributed by atoms with Gasteiger partial charge in [0.15, 0.2) is 0 Å². The fraction of sp³-hybridized carbons (Fsp3) is 0.158. The highest BCUT2D eigenvalue weighted by Crippen LogP contribution is 2.22. The summed E-state index contributed by atoms with van der Waals surface area (Å²) < 4.78 is 15.6. The van der Waals surface area contributed by atoms with Crippen LogP contribution in [-0.2, 0) is 4.74 Å². The third-order valence-corrected chi connectivity index (χ3v) is 3.64. The molecule has 0 atom stereocenters.